The first-order chi connectivity index (χ1) is 8.19. The van der Waals surface area contributed by atoms with Crippen molar-refractivity contribution in [3.63, 3.8) is 0 Å². The molecule has 1 aromatic carbocycles. The van der Waals surface area contributed by atoms with Gasteiger partial charge in [0.05, 0.1) is 7.11 Å². The quantitative estimate of drug-likeness (QED) is 0.849. The highest BCUT2D eigenvalue weighted by molar-refractivity contribution is 9.10. The van der Waals surface area contributed by atoms with Crippen LogP contribution in [0.1, 0.15) is 31.2 Å². The number of carbonyl (C=O) groups is 1. The van der Waals surface area contributed by atoms with Crippen LogP contribution in [0.2, 0.25) is 0 Å². The van der Waals surface area contributed by atoms with Crippen LogP contribution in [-0.4, -0.2) is 12.9 Å². The van der Waals surface area contributed by atoms with E-state index in [4.69, 9.17) is 4.74 Å². The molecule has 92 valence electrons. The van der Waals surface area contributed by atoms with Crippen molar-refractivity contribution < 1.29 is 9.53 Å². The van der Waals surface area contributed by atoms with Gasteiger partial charge >= 0.3 is 0 Å². The molecule has 1 aliphatic rings. The van der Waals surface area contributed by atoms with Gasteiger partial charge in [-0.2, -0.15) is 0 Å². The molecule has 1 aromatic rings. The number of Topliss-reactive ketones (excluding diaryl/α,β-unsaturated/α-hetero) is 1. The molecule has 1 saturated carbocycles. The zero-order valence-corrected chi connectivity index (χ0v) is 11.6. The normalized spacial score (nSPS) is 20.4. The van der Waals surface area contributed by atoms with Gasteiger partial charge in [-0.05, 0) is 48.9 Å². The molecular formula is C14H17BrO2. The number of ether oxygens (including phenoxy) is 1. The van der Waals surface area contributed by atoms with Crippen LogP contribution >= 0.6 is 15.9 Å². The van der Waals surface area contributed by atoms with Crippen molar-refractivity contribution in [1.82, 2.24) is 0 Å². The number of methoxy groups -OCH3 is 1. The molecule has 2 nitrogen and oxygen atoms in total. The third-order valence-electron chi connectivity index (χ3n) is 3.35. The molecule has 1 unspecified atom stereocenters. The maximum atomic E-state index is 11.4. The van der Waals surface area contributed by atoms with E-state index in [1.54, 1.807) is 7.11 Å². The minimum atomic E-state index is 0.417. The van der Waals surface area contributed by atoms with E-state index in [0.29, 0.717) is 11.7 Å². The molecule has 0 saturated heterocycles. The van der Waals surface area contributed by atoms with E-state index in [1.165, 1.54) is 5.56 Å². The summed E-state index contributed by atoms with van der Waals surface area (Å²) in [5.74, 6) is 1.80. The predicted molar refractivity (Wildman–Crippen MR) is 71.4 cm³/mol. The van der Waals surface area contributed by atoms with Crippen LogP contribution < -0.4 is 4.74 Å². The fourth-order valence-corrected chi connectivity index (χ4v) is 2.84. The van der Waals surface area contributed by atoms with Gasteiger partial charge in [-0.1, -0.05) is 15.9 Å². The molecule has 17 heavy (non-hydrogen) atoms. The summed E-state index contributed by atoms with van der Waals surface area (Å²) in [7, 11) is 1.68. The lowest BCUT2D eigenvalue weighted by Crippen LogP contribution is -2.17. The van der Waals surface area contributed by atoms with Gasteiger partial charge in [-0.3, -0.25) is 4.79 Å². The summed E-state index contributed by atoms with van der Waals surface area (Å²) in [6.07, 6.45) is 4.68. The average Bonchev–Trinajstić information content (AvgIpc) is 2.32. The molecule has 0 heterocycles. The molecule has 1 aliphatic carbocycles. The number of rotatable bonds is 3. The Balaban J connectivity index is 2.09. The maximum absolute atomic E-state index is 11.4. The van der Waals surface area contributed by atoms with E-state index in [9.17, 15) is 4.79 Å². The fraction of sp³-hybridized carbons (Fsp3) is 0.500. The van der Waals surface area contributed by atoms with Crippen molar-refractivity contribution in [1.29, 1.82) is 0 Å². The molecule has 0 aromatic heterocycles. The second-order valence-electron chi connectivity index (χ2n) is 4.66. The number of ketones is 1. The number of hydrogen-bond acceptors (Lipinski definition) is 2. The van der Waals surface area contributed by atoms with Gasteiger partial charge in [-0.25, -0.2) is 0 Å². The van der Waals surface area contributed by atoms with Gasteiger partial charge in [0.15, 0.2) is 0 Å². The number of halogens is 1. The van der Waals surface area contributed by atoms with E-state index in [-0.39, 0.29) is 0 Å². The summed E-state index contributed by atoms with van der Waals surface area (Å²) < 4.78 is 6.34. The first-order valence-electron chi connectivity index (χ1n) is 6.03. The Labute approximate surface area is 110 Å². The van der Waals surface area contributed by atoms with Crippen molar-refractivity contribution >= 4 is 21.7 Å². The molecule has 2 rings (SSSR count). The standard InChI is InChI=1S/C14H17BrO2/c1-17-13-5-6-14(15)11(9-13)7-10-3-2-4-12(16)8-10/h5-6,9-10H,2-4,7-8H2,1H3. The number of benzene rings is 1. The van der Waals surface area contributed by atoms with Gasteiger partial charge < -0.3 is 4.74 Å². The van der Waals surface area contributed by atoms with Crippen molar-refractivity contribution in [2.75, 3.05) is 7.11 Å². The second kappa shape index (κ2) is 5.67. The first kappa shape index (κ1) is 12.6. The van der Waals surface area contributed by atoms with Crippen LogP contribution in [0.15, 0.2) is 22.7 Å². The van der Waals surface area contributed by atoms with Crippen molar-refractivity contribution in [2.45, 2.75) is 32.1 Å². The van der Waals surface area contributed by atoms with Gasteiger partial charge in [0.1, 0.15) is 11.5 Å². The number of carbonyl (C=O) groups excluding carboxylic acids is 1. The zero-order valence-electron chi connectivity index (χ0n) is 10.0. The fourth-order valence-electron chi connectivity index (χ4n) is 2.43. The Morgan fingerprint density at radius 1 is 1.47 bits per heavy atom. The minimum absolute atomic E-state index is 0.417. The Kier molecular flexibility index (Phi) is 4.21. The molecule has 3 heteroatoms. The Morgan fingerprint density at radius 3 is 3.00 bits per heavy atom. The summed E-state index contributed by atoms with van der Waals surface area (Å²) in [4.78, 5) is 11.4. The van der Waals surface area contributed by atoms with Gasteiger partial charge in [0.25, 0.3) is 0 Å². The predicted octanol–water partition coefficient (Wildman–Crippen LogP) is 3.76. The van der Waals surface area contributed by atoms with Gasteiger partial charge in [-0.15, -0.1) is 0 Å². The third kappa shape index (κ3) is 3.32. The molecule has 0 N–H and O–H groups in total. The Hall–Kier alpha value is -0.830. The lowest BCUT2D eigenvalue weighted by atomic mass is 9.84. The van der Waals surface area contributed by atoms with E-state index in [1.807, 2.05) is 12.1 Å². The molecule has 0 amide bonds. The topological polar surface area (TPSA) is 26.3 Å². The first-order valence-corrected chi connectivity index (χ1v) is 6.82. The van der Waals surface area contributed by atoms with E-state index in [2.05, 4.69) is 22.0 Å². The van der Waals surface area contributed by atoms with Crippen molar-refractivity contribution in [3.05, 3.63) is 28.2 Å². The van der Waals surface area contributed by atoms with Gasteiger partial charge in [0, 0.05) is 17.3 Å². The molecular weight excluding hydrogens is 280 g/mol. The van der Waals surface area contributed by atoms with Crippen molar-refractivity contribution in [2.24, 2.45) is 5.92 Å². The Bertz CT molecular complexity index is 415. The summed E-state index contributed by atoms with van der Waals surface area (Å²) in [5, 5.41) is 0. The smallest absolute Gasteiger partial charge is 0.133 e. The monoisotopic (exact) mass is 296 g/mol. The highest BCUT2D eigenvalue weighted by atomic mass is 79.9. The van der Waals surface area contributed by atoms with Crippen LogP contribution in [0.3, 0.4) is 0 Å². The lowest BCUT2D eigenvalue weighted by Gasteiger charge is -2.21. The third-order valence-corrected chi connectivity index (χ3v) is 4.12. The zero-order chi connectivity index (χ0) is 12.3. The van der Waals surface area contributed by atoms with E-state index < -0.39 is 0 Å². The van der Waals surface area contributed by atoms with E-state index >= 15 is 0 Å². The molecule has 0 aliphatic heterocycles. The summed E-state index contributed by atoms with van der Waals surface area (Å²) in [6.45, 7) is 0. The Morgan fingerprint density at radius 2 is 2.29 bits per heavy atom. The lowest BCUT2D eigenvalue weighted by molar-refractivity contribution is -0.121. The summed E-state index contributed by atoms with van der Waals surface area (Å²) in [5.41, 5.74) is 1.24. The second-order valence-corrected chi connectivity index (χ2v) is 5.52. The summed E-state index contributed by atoms with van der Waals surface area (Å²) >= 11 is 3.56. The molecule has 1 atom stereocenters. The SMILES string of the molecule is COc1ccc(Br)c(CC2CCCC(=O)C2)c1. The molecule has 0 spiro atoms. The van der Waals surface area contributed by atoms with E-state index in [0.717, 1.165) is 42.3 Å². The highest BCUT2D eigenvalue weighted by Crippen LogP contribution is 2.30. The number of hydrogen-bond donors (Lipinski definition) is 0. The average molecular weight is 297 g/mol. The molecule has 0 bridgehead atoms. The van der Waals surface area contributed by atoms with Crippen LogP contribution in [0.25, 0.3) is 0 Å². The van der Waals surface area contributed by atoms with Crippen molar-refractivity contribution in [3.8, 4) is 5.75 Å². The van der Waals surface area contributed by atoms with Crippen LogP contribution in [0.5, 0.6) is 5.75 Å². The van der Waals surface area contributed by atoms with Gasteiger partial charge in [0.2, 0.25) is 0 Å². The maximum Gasteiger partial charge on any atom is 0.133 e. The highest BCUT2D eigenvalue weighted by Gasteiger charge is 2.20. The van der Waals surface area contributed by atoms with Crippen LogP contribution in [0, 0.1) is 5.92 Å². The largest absolute Gasteiger partial charge is 0.497 e. The molecule has 1 fully saturated rings. The molecule has 0 radical (unpaired) electrons. The summed E-state index contributed by atoms with van der Waals surface area (Å²) in [6, 6.07) is 6.02. The van der Waals surface area contributed by atoms with Crippen LogP contribution in [-0.2, 0) is 11.2 Å². The van der Waals surface area contributed by atoms with Crippen LogP contribution in [0.4, 0.5) is 0 Å². The minimum Gasteiger partial charge on any atom is -0.497 e.